The maximum absolute atomic E-state index is 12.4. The number of likely N-dealkylation sites (tertiary alicyclic amines) is 1. The first-order valence-corrected chi connectivity index (χ1v) is 7.60. The van der Waals surface area contributed by atoms with E-state index in [1.54, 1.807) is 0 Å². The molecule has 1 aliphatic heterocycles. The second-order valence-corrected chi connectivity index (χ2v) is 5.88. The van der Waals surface area contributed by atoms with E-state index in [0.29, 0.717) is 25.3 Å². The van der Waals surface area contributed by atoms with Gasteiger partial charge in [-0.2, -0.15) is 0 Å². The zero-order valence-corrected chi connectivity index (χ0v) is 12.5. The van der Waals surface area contributed by atoms with Gasteiger partial charge in [0.2, 0.25) is 5.91 Å². The summed E-state index contributed by atoms with van der Waals surface area (Å²) in [6.07, 6.45) is 3.32. The Morgan fingerprint density at radius 2 is 2.10 bits per heavy atom. The molecule has 4 heteroatoms. The van der Waals surface area contributed by atoms with Gasteiger partial charge in [0.1, 0.15) is 0 Å². The Bertz CT molecular complexity index is 513. The molecule has 21 heavy (non-hydrogen) atoms. The number of piperidine rings is 1. The molecule has 0 aromatic heterocycles. The Morgan fingerprint density at radius 3 is 2.81 bits per heavy atom. The summed E-state index contributed by atoms with van der Waals surface area (Å²) >= 11 is 0. The minimum absolute atomic E-state index is 0.157. The molecule has 1 aromatic rings. The summed E-state index contributed by atoms with van der Waals surface area (Å²) in [5.74, 6) is -0.265. The smallest absolute Gasteiger partial charge is 0.303 e. The lowest BCUT2D eigenvalue weighted by Crippen LogP contribution is -2.40. The largest absolute Gasteiger partial charge is 0.481 e. The molecule has 1 atom stereocenters. The van der Waals surface area contributed by atoms with Crippen LogP contribution in [0.25, 0.3) is 0 Å². The molecule has 0 spiro atoms. The maximum atomic E-state index is 12.4. The van der Waals surface area contributed by atoms with Crippen molar-refractivity contribution in [3.8, 4) is 0 Å². The Morgan fingerprint density at radius 1 is 1.33 bits per heavy atom. The summed E-state index contributed by atoms with van der Waals surface area (Å²) in [6.45, 7) is 3.53. The molecule has 1 N–H and O–H groups in total. The van der Waals surface area contributed by atoms with E-state index in [9.17, 15) is 9.59 Å². The molecular formula is C17H23NO3. The van der Waals surface area contributed by atoms with Crippen molar-refractivity contribution < 1.29 is 14.7 Å². The standard InChI is InChI=1S/C17H23NO3/c1-13-5-2-3-7-15(13)11-16(19)18-10-4-6-14(12-18)8-9-17(20)21/h2-3,5,7,14H,4,6,8-12H2,1H3,(H,20,21)/t14-/m1/s1. The number of carboxylic acid groups (broad SMARTS) is 1. The predicted molar refractivity (Wildman–Crippen MR) is 81.1 cm³/mol. The van der Waals surface area contributed by atoms with Gasteiger partial charge in [-0.05, 0) is 43.2 Å². The van der Waals surface area contributed by atoms with Crippen LogP contribution in [0.1, 0.15) is 36.8 Å². The number of aliphatic carboxylic acids is 1. The summed E-state index contributed by atoms with van der Waals surface area (Å²) in [5.41, 5.74) is 2.22. The molecule has 1 saturated heterocycles. The highest BCUT2D eigenvalue weighted by Gasteiger charge is 2.24. The molecule has 1 aromatic carbocycles. The third-order valence-electron chi connectivity index (χ3n) is 4.24. The summed E-state index contributed by atoms with van der Waals surface area (Å²) in [7, 11) is 0. The summed E-state index contributed by atoms with van der Waals surface area (Å²) in [4.78, 5) is 25.0. The molecule has 1 amide bonds. The van der Waals surface area contributed by atoms with Crippen molar-refractivity contribution in [1.29, 1.82) is 0 Å². The van der Waals surface area contributed by atoms with E-state index < -0.39 is 5.97 Å². The van der Waals surface area contributed by atoms with Crippen LogP contribution >= 0.6 is 0 Å². The van der Waals surface area contributed by atoms with Crippen LogP contribution < -0.4 is 0 Å². The highest BCUT2D eigenvalue weighted by molar-refractivity contribution is 5.79. The number of aryl methyl sites for hydroxylation is 1. The number of benzene rings is 1. The van der Waals surface area contributed by atoms with E-state index in [2.05, 4.69) is 0 Å². The first kappa shape index (κ1) is 15.5. The number of carboxylic acids is 1. The second-order valence-electron chi connectivity index (χ2n) is 5.88. The maximum Gasteiger partial charge on any atom is 0.303 e. The number of amides is 1. The van der Waals surface area contributed by atoms with Gasteiger partial charge in [-0.15, -0.1) is 0 Å². The minimum Gasteiger partial charge on any atom is -0.481 e. The van der Waals surface area contributed by atoms with E-state index in [1.807, 2.05) is 36.1 Å². The molecule has 0 radical (unpaired) electrons. The number of hydrogen-bond acceptors (Lipinski definition) is 2. The van der Waals surface area contributed by atoms with E-state index in [0.717, 1.165) is 30.5 Å². The van der Waals surface area contributed by atoms with E-state index in [4.69, 9.17) is 5.11 Å². The van der Waals surface area contributed by atoms with Gasteiger partial charge in [-0.1, -0.05) is 24.3 Å². The molecule has 1 fully saturated rings. The molecule has 0 unspecified atom stereocenters. The Balaban J connectivity index is 1.90. The zero-order chi connectivity index (χ0) is 15.2. The average molecular weight is 289 g/mol. The number of hydrogen-bond donors (Lipinski definition) is 1. The van der Waals surface area contributed by atoms with Gasteiger partial charge < -0.3 is 10.0 Å². The van der Waals surface area contributed by atoms with Crippen LogP contribution in [0.15, 0.2) is 24.3 Å². The van der Waals surface area contributed by atoms with Crippen molar-refractivity contribution in [1.82, 2.24) is 4.90 Å². The summed E-state index contributed by atoms with van der Waals surface area (Å²) in [6, 6.07) is 7.96. The van der Waals surface area contributed by atoms with Crippen LogP contribution in [0.2, 0.25) is 0 Å². The topological polar surface area (TPSA) is 57.6 Å². The van der Waals surface area contributed by atoms with E-state index in [1.165, 1.54) is 0 Å². The van der Waals surface area contributed by atoms with Gasteiger partial charge >= 0.3 is 5.97 Å². The molecule has 0 saturated carbocycles. The quantitative estimate of drug-likeness (QED) is 0.906. The van der Waals surface area contributed by atoms with Gasteiger partial charge in [-0.3, -0.25) is 9.59 Å². The molecule has 114 valence electrons. The van der Waals surface area contributed by atoms with Gasteiger partial charge in [-0.25, -0.2) is 0 Å². The molecule has 1 aliphatic rings. The third kappa shape index (κ3) is 4.59. The van der Waals surface area contributed by atoms with Gasteiger partial charge in [0.15, 0.2) is 0 Å². The molecule has 4 nitrogen and oxygen atoms in total. The molecular weight excluding hydrogens is 266 g/mol. The van der Waals surface area contributed by atoms with Crippen LogP contribution in [-0.2, 0) is 16.0 Å². The number of carbonyl (C=O) groups is 2. The van der Waals surface area contributed by atoms with E-state index >= 15 is 0 Å². The van der Waals surface area contributed by atoms with Crippen LogP contribution in [0.4, 0.5) is 0 Å². The highest BCUT2D eigenvalue weighted by atomic mass is 16.4. The Hall–Kier alpha value is -1.84. The van der Waals surface area contributed by atoms with Crippen molar-refractivity contribution in [3.05, 3.63) is 35.4 Å². The van der Waals surface area contributed by atoms with Crippen LogP contribution in [-0.4, -0.2) is 35.0 Å². The van der Waals surface area contributed by atoms with Gasteiger partial charge in [0.05, 0.1) is 6.42 Å². The Kier molecular flexibility index (Phi) is 5.37. The third-order valence-corrected chi connectivity index (χ3v) is 4.24. The zero-order valence-electron chi connectivity index (χ0n) is 12.5. The SMILES string of the molecule is Cc1ccccc1CC(=O)N1CCC[C@H](CCC(=O)O)C1. The van der Waals surface area contributed by atoms with Crippen molar-refractivity contribution in [2.45, 2.75) is 39.0 Å². The van der Waals surface area contributed by atoms with Crippen LogP contribution in [0.5, 0.6) is 0 Å². The number of rotatable bonds is 5. The van der Waals surface area contributed by atoms with Gasteiger partial charge in [0, 0.05) is 19.5 Å². The fourth-order valence-electron chi connectivity index (χ4n) is 2.94. The highest BCUT2D eigenvalue weighted by Crippen LogP contribution is 2.22. The Labute approximate surface area is 125 Å². The van der Waals surface area contributed by atoms with Gasteiger partial charge in [0.25, 0.3) is 0 Å². The molecule has 1 heterocycles. The molecule has 0 bridgehead atoms. The fourth-order valence-corrected chi connectivity index (χ4v) is 2.94. The number of carbonyl (C=O) groups excluding carboxylic acids is 1. The summed E-state index contributed by atoms with van der Waals surface area (Å²) < 4.78 is 0. The summed E-state index contributed by atoms with van der Waals surface area (Å²) in [5, 5.41) is 8.76. The predicted octanol–water partition coefficient (Wildman–Crippen LogP) is 2.64. The normalized spacial score (nSPS) is 18.5. The average Bonchev–Trinajstić information content (AvgIpc) is 2.48. The lowest BCUT2D eigenvalue weighted by molar-refractivity contribution is -0.137. The molecule has 2 rings (SSSR count). The van der Waals surface area contributed by atoms with Crippen molar-refractivity contribution in [2.24, 2.45) is 5.92 Å². The lowest BCUT2D eigenvalue weighted by atomic mass is 9.93. The van der Waals surface area contributed by atoms with Crippen molar-refractivity contribution in [2.75, 3.05) is 13.1 Å². The molecule has 0 aliphatic carbocycles. The lowest BCUT2D eigenvalue weighted by Gasteiger charge is -2.33. The van der Waals surface area contributed by atoms with Crippen LogP contribution in [0, 0.1) is 12.8 Å². The van der Waals surface area contributed by atoms with E-state index in [-0.39, 0.29) is 12.3 Å². The minimum atomic E-state index is -0.752. The van der Waals surface area contributed by atoms with Crippen molar-refractivity contribution in [3.63, 3.8) is 0 Å². The first-order chi connectivity index (χ1) is 10.1. The fraction of sp³-hybridized carbons (Fsp3) is 0.529. The first-order valence-electron chi connectivity index (χ1n) is 7.60. The van der Waals surface area contributed by atoms with Crippen LogP contribution in [0.3, 0.4) is 0 Å². The van der Waals surface area contributed by atoms with Crippen molar-refractivity contribution >= 4 is 11.9 Å². The second kappa shape index (κ2) is 7.25. The monoisotopic (exact) mass is 289 g/mol. The number of nitrogens with zero attached hydrogens (tertiary/aromatic N) is 1.